The van der Waals surface area contributed by atoms with Crippen LogP contribution in [-0.4, -0.2) is 20.2 Å². The zero-order valence-corrected chi connectivity index (χ0v) is 14.8. The number of benzene rings is 1. The number of aromatic amines is 1. The number of halogens is 5. The molecule has 0 saturated carbocycles. The van der Waals surface area contributed by atoms with Gasteiger partial charge in [-0.2, -0.15) is 10.2 Å². The van der Waals surface area contributed by atoms with E-state index in [0.717, 1.165) is 12.3 Å². The molecule has 5 nitrogen and oxygen atoms in total. The van der Waals surface area contributed by atoms with Gasteiger partial charge in [0.15, 0.2) is 11.6 Å². The van der Waals surface area contributed by atoms with Crippen molar-refractivity contribution in [1.82, 2.24) is 20.2 Å². The van der Waals surface area contributed by atoms with Crippen LogP contribution in [0.2, 0.25) is 0 Å². The second kappa shape index (κ2) is 7.47. The first-order valence-corrected chi connectivity index (χ1v) is 8.36. The highest BCUT2D eigenvalue weighted by molar-refractivity contribution is 5.74. The van der Waals surface area contributed by atoms with Crippen LogP contribution in [0.25, 0.3) is 33.6 Å². The number of hydrogen-bond acceptors (Lipinski definition) is 4. The molecule has 3 aromatic heterocycles. The predicted octanol–water partition coefficient (Wildman–Crippen LogP) is 4.26. The summed E-state index contributed by atoms with van der Waals surface area (Å²) in [6, 6.07) is 5.39. The fourth-order valence-electron chi connectivity index (χ4n) is 2.86. The van der Waals surface area contributed by atoms with E-state index in [1.165, 1.54) is 24.4 Å². The van der Waals surface area contributed by atoms with E-state index in [4.69, 9.17) is 0 Å². The summed E-state index contributed by atoms with van der Waals surface area (Å²) in [5.74, 6) is -5.23. The summed E-state index contributed by atoms with van der Waals surface area (Å²) < 4.78 is 69.6. The zero-order chi connectivity index (χ0) is 21.4. The summed E-state index contributed by atoms with van der Waals surface area (Å²) in [6.07, 6.45) is 2.67. The lowest BCUT2D eigenvalue weighted by Gasteiger charge is -2.09. The molecule has 3 heterocycles. The summed E-state index contributed by atoms with van der Waals surface area (Å²) >= 11 is 0. The Hall–Kier alpha value is -3.95. The van der Waals surface area contributed by atoms with Crippen LogP contribution in [0.1, 0.15) is 0 Å². The first-order chi connectivity index (χ1) is 14.3. The molecule has 0 unspecified atom stereocenters. The molecule has 0 fully saturated rings. The van der Waals surface area contributed by atoms with Gasteiger partial charge in [0.2, 0.25) is 5.82 Å². The molecule has 0 radical (unpaired) electrons. The van der Waals surface area contributed by atoms with E-state index in [1.54, 1.807) is 0 Å². The number of aromatic nitrogens is 4. The van der Waals surface area contributed by atoms with E-state index >= 15 is 0 Å². The molecule has 1 N–H and O–H groups in total. The Labute approximate surface area is 164 Å². The first kappa shape index (κ1) is 19.4. The molecule has 0 amide bonds. The fourth-order valence-corrected chi connectivity index (χ4v) is 2.86. The Bertz CT molecular complexity index is 1340. The van der Waals surface area contributed by atoms with Gasteiger partial charge in [0.1, 0.15) is 17.3 Å². The molecule has 4 aromatic rings. The van der Waals surface area contributed by atoms with Gasteiger partial charge in [0, 0.05) is 23.4 Å². The Balaban J connectivity index is 1.84. The fraction of sp³-hybridized carbons (Fsp3) is 0. The van der Waals surface area contributed by atoms with Crippen molar-refractivity contribution in [3.8, 4) is 33.6 Å². The van der Waals surface area contributed by atoms with Gasteiger partial charge in [-0.1, -0.05) is 6.07 Å². The number of H-pyrrole nitrogens is 1. The quantitative estimate of drug-likeness (QED) is 0.507. The molecule has 30 heavy (non-hydrogen) atoms. The Kier molecular flexibility index (Phi) is 4.82. The van der Waals surface area contributed by atoms with Crippen molar-refractivity contribution in [1.29, 1.82) is 0 Å². The van der Waals surface area contributed by atoms with E-state index in [2.05, 4.69) is 15.2 Å². The van der Waals surface area contributed by atoms with Crippen molar-refractivity contribution in [3.05, 3.63) is 88.4 Å². The average Bonchev–Trinajstić information content (AvgIpc) is 2.72. The predicted molar refractivity (Wildman–Crippen MR) is 96.5 cm³/mol. The summed E-state index contributed by atoms with van der Waals surface area (Å²) in [7, 11) is 0. The molecule has 4 rings (SSSR count). The van der Waals surface area contributed by atoms with Crippen LogP contribution in [-0.2, 0) is 0 Å². The van der Waals surface area contributed by atoms with Gasteiger partial charge >= 0.3 is 0 Å². The number of nitrogens with one attached hydrogen (secondary N) is 1. The third-order valence-electron chi connectivity index (χ3n) is 4.26. The summed E-state index contributed by atoms with van der Waals surface area (Å²) in [6.45, 7) is 0. The number of rotatable bonds is 3. The molecule has 0 aliphatic carbocycles. The van der Waals surface area contributed by atoms with Gasteiger partial charge in [-0.25, -0.2) is 22.0 Å². The highest BCUT2D eigenvalue weighted by Crippen LogP contribution is 2.31. The van der Waals surface area contributed by atoms with E-state index in [9.17, 15) is 26.7 Å². The number of hydrogen-bond donors (Lipinski definition) is 1. The second-order valence-electron chi connectivity index (χ2n) is 6.16. The molecule has 1 aromatic carbocycles. The van der Waals surface area contributed by atoms with Crippen molar-refractivity contribution in [2.45, 2.75) is 0 Å². The summed E-state index contributed by atoms with van der Waals surface area (Å²) in [5, 5.41) is 7.32. The van der Waals surface area contributed by atoms with Crippen molar-refractivity contribution >= 4 is 0 Å². The Morgan fingerprint density at radius 3 is 2.40 bits per heavy atom. The summed E-state index contributed by atoms with van der Waals surface area (Å²) in [4.78, 5) is 16.9. The van der Waals surface area contributed by atoms with Gasteiger partial charge in [0.05, 0.1) is 23.7 Å². The molecular weight excluding hydrogens is 407 g/mol. The van der Waals surface area contributed by atoms with E-state index in [0.29, 0.717) is 17.8 Å². The van der Waals surface area contributed by atoms with Crippen LogP contribution in [0.5, 0.6) is 0 Å². The Morgan fingerprint density at radius 2 is 1.63 bits per heavy atom. The second-order valence-corrected chi connectivity index (χ2v) is 6.16. The standard InChI is InChI=1S/C20H9F5N4O/c21-11-5-14(23)19(26-7-11)12-3-9(1-2-13(12)22)10-4-16(29-28-6-10)17-15(24)8-27-20(30)18(17)25/h1-8H,(H,27,30). The van der Waals surface area contributed by atoms with E-state index in [-0.39, 0.29) is 16.8 Å². The van der Waals surface area contributed by atoms with E-state index in [1.807, 2.05) is 4.98 Å². The average molecular weight is 416 g/mol. The van der Waals surface area contributed by atoms with Crippen LogP contribution < -0.4 is 5.56 Å². The van der Waals surface area contributed by atoms with Gasteiger partial charge in [-0.3, -0.25) is 9.78 Å². The minimum atomic E-state index is -1.38. The maximum atomic E-state index is 14.3. The first-order valence-electron chi connectivity index (χ1n) is 8.36. The van der Waals surface area contributed by atoms with Gasteiger partial charge in [-0.15, -0.1) is 0 Å². The lowest BCUT2D eigenvalue weighted by molar-refractivity contribution is 0.569. The molecule has 0 aliphatic rings. The van der Waals surface area contributed by atoms with Crippen LogP contribution >= 0.6 is 0 Å². The molecule has 10 heteroatoms. The third kappa shape index (κ3) is 3.43. The zero-order valence-electron chi connectivity index (χ0n) is 14.8. The van der Waals surface area contributed by atoms with Gasteiger partial charge in [-0.05, 0) is 23.8 Å². The van der Waals surface area contributed by atoms with Crippen LogP contribution in [0.3, 0.4) is 0 Å². The monoisotopic (exact) mass is 416 g/mol. The smallest absolute Gasteiger partial charge is 0.284 e. The maximum absolute atomic E-state index is 14.3. The van der Waals surface area contributed by atoms with E-state index < -0.39 is 45.9 Å². The molecule has 0 aliphatic heterocycles. The van der Waals surface area contributed by atoms with Crippen LogP contribution in [0.15, 0.2) is 53.7 Å². The van der Waals surface area contributed by atoms with Crippen molar-refractivity contribution in [3.63, 3.8) is 0 Å². The molecule has 0 bridgehead atoms. The SMILES string of the molecule is O=c1[nH]cc(F)c(-c2cc(-c3ccc(F)c(-c4ncc(F)cc4F)c3)cnn2)c1F. The molecule has 0 spiro atoms. The van der Waals surface area contributed by atoms with Gasteiger partial charge in [0.25, 0.3) is 5.56 Å². The molecular formula is C20H9F5N4O. The Morgan fingerprint density at radius 1 is 0.833 bits per heavy atom. The van der Waals surface area contributed by atoms with Crippen LogP contribution in [0.4, 0.5) is 22.0 Å². The summed E-state index contributed by atoms with van der Waals surface area (Å²) in [5.41, 5.74) is -2.21. The minimum absolute atomic E-state index is 0.253. The number of pyridine rings is 2. The lowest BCUT2D eigenvalue weighted by atomic mass is 10.0. The largest absolute Gasteiger partial charge is 0.324 e. The number of nitrogens with zero attached hydrogens (tertiary/aromatic N) is 3. The van der Waals surface area contributed by atoms with Crippen molar-refractivity contribution < 1.29 is 22.0 Å². The third-order valence-corrected chi connectivity index (χ3v) is 4.26. The lowest BCUT2D eigenvalue weighted by Crippen LogP contribution is -2.13. The molecule has 0 saturated heterocycles. The van der Waals surface area contributed by atoms with Crippen molar-refractivity contribution in [2.75, 3.05) is 0 Å². The van der Waals surface area contributed by atoms with Gasteiger partial charge < -0.3 is 4.98 Å². The van der Waals surface area contributed by atoms with Crippen molar-refractivity contribution in [2.24, 2.45) is 0 Å². The topological polar surface area (TPSA) is 71.5 Å². The van der Waals surface area contributed by atoms with Crippen LogP contribution in [0, 0.1) is 29.1 Å². The molecule has 150 valence electrons. The highest BCUT2D eigenvalue weighted by atomic mass is 19.1. The normalized spacial score (nSPS) is 11.0. The maximum Gasteiger partial charge on any atom is 0.284 e. The highest BCUT2D eigenvalue weighted by Gasteiger charge is 2.18. The minimum Gasteiger partial charge on any atom is -0.324 e. The molecule has 0 atom stereocenters.